The van der Waals surface area contributed by atoms with E-state index in [9.17, 15) is 18.0 Å². The Morgan fingerprint density at radius 1 is 1.39 bits per heavy atom. The van der Waals surface area contributed by atoms with Crippen molar-refractivity contribution in [2.24, 2.45) is 5.92 Å². The first-order valence-corrected chi connectivity index (χ1v) is 11.0. The van der Waals surface area contributed by atoms with Gasteiger partial charge in [0.2, 0.25) is 15.9 Å². The van der Waals surface area contributed by atoms with Crippen molar-refractivity contribution >= 4 is 33.5 Å². The van der Waals surface area contributed by atoms with Crippen LogP contribution in [0.1, 0.15) is 39.5 Å². The van der Waals surface area contributed by atoms with Gasteiger partial charge in [0.1, 0.15) is 15.6 Å². The fourth-order valence-corrected chi connectivity index (χ4v) is 5.27. The summed E-state index contributed by atoms with van der Waals surface area (Å²) in [5, 5.41) is 2.72. The molecule has 0 aliphatic carbocycles. The number of carbonyl (C=O) groups excluding carboxylic acids is 2. The maximum absolute atomic E-state index is 12.8. The van der Waals surface area contributed by atoms with Gasteiger partial charge in [0.15, 0.2) is 0 Å². The molecular weight excluding hydrogens is 406 g/mol. The van der Waals surface area contributed by atoms with Gasteiger partial charge in [-0.1, -0.05) is 24.9 Å². The molecule has 8 nitrogen and oxygen atoms in total. The van der Waals surface area contributed by atoms with Crippen LogP contribution in [-0.4, -0.2) is 55.3 Å². The SMILES string of the molecule is CCCC(C)(NC(=O)C1CCN(S(=O)(=O)c2cccnc2Cl)CC1)C(=O)OC. The van der Waals surface area contributed by atoms with Crippen LogP contribution in [0.2, 0.25) is 5.15 Å². The van der Waals surface area contributed by atoms with Crippen molar-refractivity contribution in [2.75, 3.05) is 20.2 Å². The summed E-state index contributed by atoms with van der Waals surface area (Å²) in [6, 6.07) is 2.93. The molecule has 1 N–H and O–H groups in total. The molecule has 1 aromatic heterocycles. The summed E-state index contributed by atoms with van der Waals surface area (Å²) in [6.07, 6.45) is 3.29. The molecule has 0 saturated carbocycles. The molecule has 0 aromatic carbocycles. The number of pyridine rings is 1. The molecule has 1 aromatic rings. The lowest BCUT2D eigenvalue weighted by molar-refractivity contribution is -0.151. The first-order chi connectivity index (χ1) is 13.2. The fourth-order valence-electron chi connectivity index (χ4n) is 3.38. The third kappa shape index (κ3) is 4.82. The van der Waals surface area contributed by atoms with E-state index in [4.69, 9.17) is 16.3 Å². The maximum atomic E-state index is 12.8. The largest absolute Gasteiger partial charge is 0.467 e. The van der Waals surface area contributed by atoms with Gasteiger partial charge in [-0.25, -0.2) is 18.2 Å². The van der Waals surface area contributed by atoms with Crippen molar-refractivity contribution in [1.82, 2.24) is 14.6 Å². The van der Waals surface area contributed by atoms with Gasteiger partial charge in [-0.2, -0.15) is 4.31 Å². The predicted molar refractivity (Wildman–Crippen MR) is 104 cm³/mol. The number of nitrogens with zero attached hydrogens (tertiary/aromatic N) is 2. The Bertz CT molecular complexity index is 824. The van der Waals surface area contributed by atoms with Crippen molar-refractivity contribution in [2.45, 2.75) is 50.0 Å². The average Bonchev–Trinajstić information content (AvgIpc) is 2.67. The van der Waals surface area contributed by atoms with Crippen LogP contribution in [0.15, 0.2) is 23.2 Å². The molecular formula is C18H26ClN3O5S. The second kappa shape index (κ2) is 9.19. The highest BCUT2D eigenvalue weighted by atomic mass is 35.5. The standard InChI is InChI=1S/C18H26ClN3O5S/c1-4-9-18(2,17(24)27-3)21-16(23)13-7-11-22(12-8-13)28(25,26)14-6-5-10-20-15(14)19/h5-6,10,13H,4,7-9,11-12H2,1-3H3,(H,21,23). The highest BCUT2D eigenvalue weighted by molar-refractivity contribution is 7.89. The van der Waals surface area contributed by atoms with Crippen LogP contribution >= 0.6 is 11.6 Å². The number of ether oxygens (including phenoxy) is 1. The number of piperidine rings is 1. The van der Waals surface area contributed by atoms with E-state index in [2.05, 4.69) is 10.3 Å². The first kappa shape index (κ1) is 22.6. The lowest BCUT2D eigenvalue weighted by Crippen LogP contribution is -2.55. The van der Waals surface area contributed by atoms with Crippen LogP contribution in [-0.2, 0) is 24.3 Å². The molecule has 28 heavy (non-hydrogen) atoms. The van der Waals surface area contributed by atoms with E-state index in [-0.39, 0.29) is 35.0 Å². The zero-order chi connectivity index (χ0) is 20.9. The average molecular weight is 432 g/mol. The molecule has 1 aliphatic rings. The number of aromatic nitrogens is 1. The molecule has 0 bridgehead atoms. The minimum absolute atomic E-state index is 0.0409. The molecule has 0 spiro atoms. The second-order valence-electron chi connectivity index (χ2n) is 7.03. The third-order valence-corrected chi connectivity index (χ3v) is 7.30. The number of hydrogen-bond acceptors (Lipinski definition) is 6. The monoisotopic (exact) mass is 431 g/mol. The summed E-state index contributed by atoms with van der Waals surface area (Å²) in [5.41, 5.74) is -1.09. The van der Waals surface area contributed by atoms with Crippen molar-refractivity contribution in [3.05, 3.63) is 23.5 Å². The molecule has 2 heterocycles. The van der Waals surface area contributed by atoms with Crippen LogP contribution in [0.4, 0.5) is 0 Å². The van der Waals surface area contributed by atoms with Gasteiger partial charge < -0.3 is 10.1 Å². The Balaban J connectivity index is 2.04. The minimum atomic E-state index is -3.77. The number of nitrogens with one attached hydrogen (secondary N) is 1. The van der Waals surface area contributed by atoms with Gasteiger partial charge in [0.25, 0.3) is 0 Å². The van der Waals surface area contributed by atoms with E-state index in [0.29, 0.717) is 25.7 Å². The van der Waals surface area contributed by atoms with Crippen LogP contribution < -0.4 is 5.32 Å². The smallest absolute Gasteiger partial charge is 0.331 e. The molecule has 1 amide bonds. The van der Waals surface area contributed by atoms with Crippen molar-refractivity contribution in [1.29, 1.82) is 0 Å². The van der Waals surface area contributed by atoms with E-state index < -0.39 is 21.5 Å². The Morgan fingerprint density at radius 2 is 2.04 bits per heavy atom. The minimum Gasteiger partial charge on any atom is -0.467 e. The highest BCUT2D eigenvalue weighted by Gasteiger charge is 2.39. The number of methoxy groups -OCH3 is 1. The molecule has 1 fully saturated rings. The molecule has 156 valence electrons. The summed E-state index contributed by atoms with van der Waals surface area (Å²) < 4.78 is 31.7. The summed E-state index contributed by atoms with van der Waals surface area (Å²) in [6.45, 7) is 3.94. The van der Waals surface area contributed by atoms with E-state index >= 15 is 0 Å². The maximum Gasteiger partial charge on any atom is 0.331 e. The summed E-state index contributed by atoms with van der Waals surface area (Å²) in [5.74, 6) is -1.14. The Labute approximate surface area is 170 Å². The fraction of sp³-hybridized carbons (Fsp3) is 0.611. The number of rotatable bonds is 7. The van der Waals surface area contributed by atoms with Crippen molar-refractivity contribution < 1.29 is 22.7 Å². The topological polar surface area (TPSA) is 106 Å². The van der Waals surface area contributed by atoms with Gasteiger partial charge in [-0.3, -0.25) is 4.79 Å². The van der Waals surface area contributed by atoms with Gasteiger partial charge in [0.05, 0.1) is 7.11 Å². The van der Waals surface area contributed by atoms with Crippen LogP contribution in [0, 0.1) is 5.92 Å². The summed E-state index contributed by atoms with van der Waals surface area (Å²) in [4.78, 5) is 28.5. The molecule has 2 rings (SSSR count). The number of halogens is 1. The Hall–Kier alpha value is -1.71. The second-order valence-corrected chi connectivity index (χ2v) is 9.30. The first-order valence-electron chi connectivity index (χ1n) is 9.17. The van der Waals surface area contributed by atoms with Gasteiger partial charge in [-0.15, -0.1) is 0 Å². The van der Waals surface area contributed by atoms with Crippen LogP contribution in [0.25, 0.3) is 0 Å². The van der Waals surface area contributed by atoms with E-state index in [1.165, 1.54) is 29.7 Å². The molecule has 1 saturated heterocycles. The number of carbonyl (C=O) groups is 2. The number of hydrogen-bond donors (Lipinski definition) is 1. The quantitative estimate of drug-likeness (QED) is 0.522. The summed E-state index contributed by atoms with van der Waals surface area (Å²) in [7, 11) is -2.48. The Kier molecular flexibility index (Phi) is 7.41. The van der Waals surface area contributed by atoms with E-state index in [1.807, 2.05) is 6.92 Å². The van der Waals surface area contributed by atoms with E-state index in [0.717, 1.165) is 0 Å². The van der Waals surface area contributed by atoms with Crippen LogP contribution in [0.3, 0.4) is 0 Å². The van der Waals surface area contributed by atoms with Crippen molar-refractivity contribution in [3.8, 4) is 0 Å². The number of amides is 1. The highest BCUT2D eigenvalue weighted by Crippen LogP contribution is 2.27. The van der Waals surface area contributed by atoms with Crippen LogP contribution in [0.5, 0.6) is 0 Å². The number of sulfonamides is 1. The molecule has 1 aliphatic heterocycles. The predicted octanol–water partition coefficient (Wildman–Crippen LogP) is 1.98. The molecule has 1 unspecified atom stereocenters. The zero-order valence-electron chi connectivity index (χ0n) is 16.3. The van der Waals surface area contributed by atoms with Gasteiger partial charge >= 0.3 is 5.97 Å². The molecule has 10 heteroatoms. The zero-order valence-corrected chi connectivity index (χ0v) is 17.8. The lowest BCUT2D eigenvalue weighted by Gasteiger charge is -2.33. The summed E-state index contributed by atoms with van der Waals surface area (Å²) >= 11 is 5.93. The third-order valence-electron chi connectivity index (χ3n) is 4.95. The molecule has 0 radical (unpaired) electrons. The van der Waals surface area contributed by atoms with E-state index in [1.54, 1.807) is 6.92 Å². The lowest BCUT2D eigenvalue weighted by atomic mass is 9.92. The van der Waals surface area contributed by atoms with Gasteiger partial charge in [-0.05, 0) is 38.3 Å². The number of esters is 1. The molecule has 1 atom stereocenters. The Morgan fingerprint density at radius 3 is 2.57 bits per heavy atom. The van der Waals surface area contributed by atoms with Gasteiger partial charge in [0, 0.05) is 25.2 Å². The van der Waals surface area contributed by atoms with Crippen molar-refractivity contribution in [3.63, 3.8) is 0 Å². The normalized spacial score (nSPS) is 18.3.